The van der Waals surface area contributed by atoms with E-state index in [1.54, 1.807) is 0 Å². The second-order valence-corrected chi connectivity index (χ2v) is 3.19. The lowest BCUT2D eigenvalue weighted by atomic mass is 10.1. The molecule has 1 atom stereocenters. The molecule has 1 rings (SSSR count). The van der Waals surface area contributed by atoms with E-state index in [2.05, 4.69) is 4.74 Å². The van der Waals surface area contributed by atoms with Gasteiger partial charge in [-0.25, -0.2) is 0 Å². The minimum Gasteiger partial charge on any atom is -0.490 e. The van der Waals surface area contributed by atoms with Crippen LogP contribution >= 0.6 is 0 Å². The van der Waals surface area contributed by atoms with Gasteiger partial charge in [0.05, 0.1) is 19.1 Å². The van der Waals surface area contributed by atoms with E-state index in [-0.39, 0.29) is 11.4 Å². The molecule has 0 fully saturated rings. The molecule has 0 amide bonds. The highest BCUT2D eigenvalue weighted by Crippen LogP contribution is 2.29. The van der Waals surface area contributed by atoms with Crippen LogP contribution in [0.2, 0.25) is 0 Å². The number of carbonyl (C=O) groups excluding carboxylic acids is 1. The number of hydrogen-bond acceptors (Lipinski definition) is 6. The standard InChI is InChI=1S/C10H12N2O5/c1-16-8-4-3-6(5-7(8)12(14)15)9(11)10(13)17-2/h3-5,9H,11H2,1-2H3/t9-/m0/s1. The van der Waals surface area contributed by atoms with E-state index in [0.29, 0.717) is 5.56 Å². The number of nitrogens with two attached hydrogens (primary N) is 1. The Kier molecular flexibility index (Phi) is 4.00. The van der Waals surface area contributed by atoms with E-state index < -0.39 is 16.9 Å². The smallest absolute Gasteiger partial charge is 0.327 e. The zero-order valence-electron chi connectivity index (χ0n) is 9.38. The summed E-state index contributed by atoms with van der Waals surface area (Å²) in [6.07, 6.45) is 0. The third kappa shape index (κ3) is 2.70. The van der Waals surface area contributed by atoms with Crippen LogP contribution in [0, 0.1) is 10.1 Å². The topological polar surface area (TPSA) is 105 Å². The van der Waals surface area contributed by atoms with E-state index >= 15 is 0 Å². The Bertz CT molecular complexity index is 446. The Morgan fingerprint density at radius 3 is 2.59 bits per heavy atom. The Labute approximate surface area is 97.3 Å². The van der Waals surface area contributed by atoms with Crippen molar-refractivity contribution in [1.82, 2.24) is 0 Å². The highest BCUT2D eigenvalue weighted by Gasteiger charge is 2.21. The predicted molar refractivity (Wildman–Crippen MR) is 58.6 cm³/mol. The molecule has 0 aliphatic heterocycles. The molecule has 0 aliphatic carbocycles. The molecule has 0 radical (unpaired) electrons. The molecule has 0 saturated carbocycles. The molecule has 7 heteroatoms. The maximum absolute atomic E-state index is 11.2. The number of nitrogens with zero attached hydrogens (tertiary/aromatic N) is 1. The molecule has 1 aromatic carbocycles. The van der Waals surface area contributed by atoms with Crippen LogP contribution in [0.25, 0.3) is 0 Å². The summed E-state index contributed by atoms with van der Waals surface area (Å²) >= 11 is 0. The number of carbonyl (C=O) groups is 1. The number of hydrogen-bond donors (Lipinski definition) is 1. The van der Waals surface area contributed by atoms with Crippen LogP contribution in [-0.2, 0) is 9.53 Å². The van der Waals surface area contributed by atoms with Crippen molar-refractivity contribution in [1.29, 1.82) is 0 Å². The quantitative estimate of drug-likeness (QED) is 0.473. The monoisotopic (exact) mass is 240 g/mol. The molecule has 2 N–H and O–H groups in total. The van der Waals surface area contributed by atoms with Crippen molar-refractivity contribution in [2.75, 3.05) is 14.2 Å². The van der Waals surface area contributed by atoms with Crippen LogP contribution in [0.3, 0.4) is 0 Å². The molecule has 0 bridgehead atoms. The Morgan fingerprint density at radius 2 is 2.12 bits per heavy atom. The van der Waals surface area contributed by atoms with Crippen LogP contribution in [0.15, 0.2) is 18.2 Å². The highest BCUT2D eigenvalue weighted by atomic mass is 16.6. The Hall–Kier alpha value is -2.15. The van der Waals surface area contributed by atoms with Gasteiger partial charge in [-0.05, 0) is 11.6 Å². The minimum absolute atomic E-state index is 0.107. The normalized spacial score (nSPS) is 11.7. The van der Waals surface area contributed by atoms with Gasteiger partial charge < -0.3 is 15.2 Å². The minimum atomic E-state index is -1.05. The van der Waals surface area contributed by atoms with E-state index in [1.807, 2.05) is 0 Å². The third-order valence-electron chi connectivity index (χ3n) is 2.21. The van der Waals surface area contributed by atoms with Gasteiger partial charge in [-0.3, -0.25) is 14.9 Å². The average molecular weight is 240 g/mol. The van der Waals surface area contributed by atoms with Gasteiger partial charge in [0, 0.05) is 6.07 Å². The molecular weight excluding hydrogens is 228 g/mol. The summed E-state index contributed by atoms with van der Waals surface area (Å²) < 4.78 is 9.29. The molecular formula is C10H12N2O5. The van der Waals surface area contributed by atoms with E-state index in [9.17, 15) is 14.9 Å². The van der Waals surface area contributed by atoms with Crippen molar-refractivity contribution in [3.8, 4) is 5.75 Å². The zero-order valence-corrected chi connectivity index (χ0v) is 9.38. The summed E-state index contributed by atoms with van der Waals surface area (Å²) in [5, 5.41) is 10.8. The number of nitro groups is 1. The lowest BCUT2D eigenvalue weighted by Gasteiger charge is -2.10. The number of nitro benzene ring substituents is 1. The number of benzene rings is 1. The molecule has 92 valence electrons. The van der Waals surface area contributed by atoms with Gasteiger partial charge >= 0.3 is 11.7 Å². The predicted octanol–water partition coefficient (Wildman–Crippen LogP) is 0.776. The molecule has 0 saturated heterocycles. The number of ether oxygens (including phenoxy) is 2. The first-order valence-corrected chi connectivity index (χ1v) is 4.67. The van der Waals surface area contributed by atoms with Gasteiger partial charge in [0.25, 0.3) is 0 Å². The van der Waals surface area contributed by atoms with E-state index in [1.165, 1.54) is 32.4 Å². The average Bonchev–Trinajstić information content (AvgIpc) is 2.35. The molecule has 7 nitrogen and oxygen atoms in total. The first-order valence-electron chi connectivity index (χ1n) is 4.67. The van der Waals surface area contributed by atoms with Gasteiger partial charge in [0.15, 0.2) is 5.75 Å². The molecule has 0 spiro atoms. The SMILES string of the molecule is COC(=O)[C@@H](N)c1ccc(OC)c([N+](=O)[O-])c1. The number of methoxy groups -OCH3 is 2. The summed E-state index contributed by atoms with van der Waals surface area (Å²) in [5.74, 6) is -0.555. The number of esters is 1. The highest BCUT2D eigenvalue weighted by molar-refractivity contribution is 5.77. The van der Waals surface area contributed by atoms with E-state index in [4.69, 9.17) is 10.5 Å². The fourth-order valence-corrected chi connectivity index (χ4v) is 1.31. The van der Waals surface area contributed by atoms with Gasteiger partial charge in [-0.15, -0.1) is 0 Å². The zero-order chi connectivity index (χ0) is 13.0. The van der Waals surface area contributed by atoms with Crippen molar-refractivity contribution in [3.05, 3.63) is 33.9 Å². The third-order valence-corrected chi connectivity index (χ3v) is 2.21. The summed E-state index contributed by atoms with van der Waals surface area (Å²) in [6.45, 7) is 0. The van der Waals surface area contributed by atoms with Gasteiger partial charge in [-0.2, -0.15) is 0 Å². The molecule has 0 unspecified atom stereocenters. The maximum Gasteiger partial charge on any atom is 0.327 e. The van der Waals surface area contributed by atoms with Crippen molar-refractivity contribution in [2.24, 2.45) is 5.73 Å². The lowest BCUT2D eigenvalue weighted by molar-refractivity contribution is -0.385. The van der Waals surface area contributed by atoms with Crippen molar-refractivity contribution >= 4 is 11.7 Å². The van der Waals surface area contributed by atoms with Crippen LogP contribution in [0.1, 0.15) is 11.6 Å². The van der Waals surface area contributed by atoms with Crippen LogP contribution in [-0.4, -0.2) is 25.1 Å². The van der Waals surface area contributed by atoms with Crippen molar-refractivity contribution in [2.45, 2.75) is 6.04 Å². The second kappa shape index (κ2) is 5.26. The summed E-state index contributed by atoms with van der Waals surface area (Å²) in [7, 11) is 2.52. The van der Waals surface area contributed by atoms with Crippen molar-refractivity contribution < 1.29 is 19.2 Å². The molecule has 1 aromatic rings. The lowest BCUT2D eigenvalue weighted by Crippen LogP contribution is -2.22. The molecule has 0 heterocycles. The summed E-state index contributed by atoms with van der Waals surface area (Å²) in [5.41, 5.74) is 5.62. The fourth-order valence-electron chi connectivity index (χ4n) is 1.31. The molecule has 0 aromatic heterocycles. The van der Waals surface area contributed by atoms with Crippen molar-refractivity contribution in [3.63, 3.8) is 0 Å². The van der Waals surface area contributed by atoms with Crippen LogP contribution in [0.4, 0.5) is 5.69 Å². The maximum atomic E-state index is 11.2. The van der Waals surface area contributed by atoms with Gasteiger partial charge in [0.1, 0.15) is 6.04 Å². The van der Waals surface area contributed by atoms with E-state index in [0.717, 1.165) is 0 Å². The number of rotatable bonds is 4. The molecule has 17 heavy (non-hydrogen) atoms. The fraction of sp³-hybridized carbons (Fsp3) is 0.300. The largest absolute Gasteiger partial charge is 0.490 e. The van der Waals surface area contributed by atoms with Crippen LogP contribution < -0.4 is 10.5 Å². The first-order chi connectivity index (χ1) is 8.01. The molecule has 0 aliphatic rings. The first kappa shape index (κ1) is 12.9. The van der Waals surface area contributed by atoms with Crippen LogP contribution in [0.5, 0.6) is 5.75 Å². The summed E-state index contributed by atoms with van der Waals surface area (Å²) in [4.78, 5) is 21.4. The Balaban J connectivity index is 3.16. The van der Waals surface area contributed by atoms with Gasteiger partial charge in [0.2, 0.25) is 0 Å². The summed E-state index contributed by atoms with van der Waals surface area (Å²) in [6, 6.07) is 3.01. The Morgan fingerprint density at radius 1 is 1.47 bits per heavy atom. The second-order valence-electron chi connectivity index (χ2n) is 3.19. The van der Waals surface area contributed by atoms with Gasteiger partial charge in [-0.1, -0.05) is 6.07 Å².